The van der Waals surface area contributed by atoms with Crippen LogP contribution in [0.1, 0.15) is 48.4 Å². The van der Waals surface area contributed by atoms with Gasteiger partial charge in [0.15, 0.2) is 12.6 Å². The molecule has 2 aromatic carbocycles. The Bertz CT molecular complexity index is 1030. The summed E-state index contributed by atoms with van der Waals surface area (Å²) in [6.07, 6.45) is -1.19. The first-order valence-electron chi connectivity index (χ1n) is 12.8. The summed E-state index contributed by atoms with van der Waals surface area (Å²) in [6, 6.07) is 11.7. The molecule has 0 radical (unpaired) electrons. The van der Waals surface area contributed by atoms with Crippen LogP contribution in [0.2, 0.25) is 0 Å². The molecule has 2 aromatic rings. The van der Waals surface area contributed by atoms with Crippen LogP contribution in [0.25, 0.3) is 0 Å². The first kappa shape index (κ1) is 28.8. The third kappa shape index (κ3) is 7.07. The number of phenols is 2. The van der Waals surface area contributed by atoms with Crippen molar-refractivity contribution < 1.29 is 48.2 Å². The van der Waals surface area contributed by atoms with Crippen molar-refractivity contribution >= 4 is 11.9 Å². The highest BCUT2D eigenvalue weighted by Gasteiger charge is 2.48. The molecule has 39 heavy (non-hydrogen) atoms. The molecule has 10 nitrogen and oxygen atoms in total. The Morgan fingerprint density at radius 1 is 0.692 bits per heavy atom. The van der Waals surface area contributed by atoms with Crippen LogP contribution in [0.4, 0.5) is 0 Å². The standard InChI is InChI=1S/C29H36O10/c1-27(2,13-34-23(32)19-5-9-21(30)10-6-19)25-36-15-29(16-37-25)17-38-26(39-18-29)28(3,4)14-35-24(33)20-7-11-22(31)12-8-20/h5-12,25-26,30-31H,13-18H2,1-4H3. The largest absolute Gasteiger partial charge is 0.508 e. The molecule has 2 aliphatic rings. The van der Waals surface area contributed by atoms with Gasteiger partial charge in [0.1, 0.15) is 24.7 Å². The van der Waals surface area contributed by atoms with Crippen molar-refractivity contribution in [3.63, 3.8) is 0 Å². The SMILES string of the molecule is CC(C)(COC(=O)c1ccc(O)cc1)C1OCC2(CO1)COC(C(C)(C)COC(=O)c1ccc(O)cc1)OC2. The molecule has 2 heterocycles. The molecule has 0 aliphatic carbocycles. The predicted molar refractivity (Wildman–Crippen MR) is 138 cm³/mol. The van der Waals surface area contributed by atoms with Crippen LogP contribution in [0.3, 0.4) is 0 Å². The molecule has 2 saturated heterocycles. The molecule has 0 unspecified atom stereocenters. The van der Waals surface area contributed by atoms with E-state index in [4.69, 9.17) is 28.4 Å². The minimum atomic E-state index is -0.615. The lowest BCUT2D eigenvalue weighted by Crippen LogP contribution is -2.57. The Morgan fingerprint density at radius 3 is 1.31 bits per heavy atom. The zero-order valence-corrected chi connectivity index (χ0v) is 22.7. The van der Waals surface area contributed by atoms with Gasteiger partial charge in [-0.3, -0.25) is 0 Å². The monoisotopic (exact) mass is 544 g/mol. The van der Waals surface area contributed by atoms with Gasteiger partial charge in [0.2, 0.25) is 0 Å². The third-order valence-electron chi connectivity index (χ3n) is 6.80. The Labute approximate surface area is 227 Å². The van der Waals surface area contributed by atoms with Gasteiger partial charge in [0, 0.05) is 10.8 Å². The van der Waals surface area contributed by atoms with Crippen LogP contribution >= 0.6 is 0 Å². The first-order chi connectivity index (χ1) is 18.4. The summed E-state index contributed by atoms with van der Waals surface area (Å²) in [7, 11) is 0. The molecule has 0 amide bonds. The normalized spacial score (nSPS) is 23.8. The minimum absolute atomic E-state index is 0.0735. The molecule has 1 spiro atoms. The van der Waals surface area contributed by atoms with Gasteiger partial charge in [0.05, 0.1) is 43.0 Å². The second-order valence-corrected chi connectivity index (χ2v) is 11.6. The number of hydrogen-bond donors (Lipinski definition) is 2. The summed E-state index contributed by atoms with van der Waals surface area (Å²) < 4.78 is 35.2. The molecule has 4 rings (SSSR count). The van der Waals surface area contributed by atoms with Gasteiger partial charge >= 0.3 is 11.9 Å². The fourth-order valence-electron chi connectivity index (χ4n) is 4.26. The number of carbonyl (C=O) groups excluding carboxylic acids is 2. The summed E-state index contributed by atoms with van der Waals surface area (Å²) in [5.74, 6) is -0.840. The highest BCUT2D eigenvalue weighted by Crippen LogP contribution is 2.38. The summed E-state index contributed by atoms with van der Waals surface area (Å²) in [4.78, 5) is 24.7. The van der Waals surface area contributed by atoms with Gasteiger partial charge < -0.3 is 38.6 Å². The molecule has 0 saturated carbocycles. The molecule has 212 valence electrons. The second-order valence-electron chi connectivity index (χ2n) is 11.6. The number of ether oxygens (including phenoxy) is 6. The van der Waals surface area contributed by atoms with Crippen molar-refractivity contribution in [3.8, 4) is 11.5 Å². The highest BCUT2D eigenvalue weighted by molar-refractivity contribution is 5.90. The van der Waals surface area contributed by atoms with Crippen LogP contribution in [0, 0.1) is 16.2 Å². The smallest absolute Gasteiger partial charge is 0.338 e. The lowest BCUT2D eigenvalue weighted by molar-refractivity contribution is -0.336. The van der Waals surface area contributed by atoms with Crippen molar-refractivity contribution in [3.05, 3.63) is 59.7 Å². The van der Waals surface area contributed by atoms with E-state index < -0.39 is 40.8 Å². The van der Waals surface area contributed by atoms with Gasteiger partial charge in [-0.2, -0.15) is 0 Å². The minimum Gasteiger partial charge on any atom is -0.508 e. The van der Waals surface area contributed by atoms with Gasteiger partial charge in [-0.1, -0.05) is 27.7 Å². The molecule has 2 N–H and O–H groups in total. The maximum Gasteiger partial charge on any atom is 0.338 e. The van der Waals surface area contributed by atoms with E-state index in [0.29, 0.717) is 37.6 Å². The van der Waals surface area contributed by atoms with Crippen LogP contribution in [-0.4, -0.2) is 74.4 Å². The Hall–Kier alpha value is -3.18. The van der Waals surface area contributed by atoms with Crippen molar-refractivity contribution in [1.29, 1.82) is 0 Å². The van der Waals surface area contributed by atoms with Crippen molar-refractivity contribution in [1.82, 2.24) is 0 Å². The summed E-state index contributed by atoms with van der Waals surface area (Å²) >= 11 is 0. The lowest BCUT2D eigenvalue weighted by atomic mass is 9.86. The van der Waals surface area contributed by atoms with E-state index in [9.17, 15) is 19.8 Å². The van der Waals surface area contributed by atoms with Gasteiger partial charge in [-0.25, -0.2) is 9.59 Å². The molecule has 10 heteroatoms. The van der Waals surface area contributed by atoms with E-state index in [0.717, 1.165) is 0 Å². The highest BCUT2D eigenvalue weighted by atomic mass is 16.7. The number of benzene rings is 2. The summed E-state index contributed by atoms with van der Waals surface area (Å²) in [5, 5.41) is 18.8. The Balaban J connectivity index is 1.22. The number of aromatic hydroxyl groups is 2. The molecule has 2 aliphatic heterocycles. The van der Waals surface area contributed by atoms with Gasteiger partial charge in [-0.15, -0.1) is 0 Å². The number of phenolic OH excluding ortho intramolecular Hbond substituents is 2. The molecule has 2 fully saturated rings. The van der Waals surface area contributed by atoms with E-state index in [1.165, 1.54) is 48.5 Å². The third-order valence-corrected chi connectivity index (χ3v) is 6.80. The van der Waals surface area contributed by atoms with Crippen LogP contribution in [-0.2, 0) is 28.4 Å². The van der Waals surface area contributed by atoms with Crippen LogP contribution in [0.5, 0.6) is 11.5 Å². The summed E-state index contributed by atoms with van der Waals surface area (Å²) in [6.45, 7) is 9.11. The fourth-order valence-corrected chi connectivity index (χ4v) is 4.26. The van der Waals surface area contributed by atoms with Crippen molar-refractivity contribution in [2.24, 2.45) is 16.2 Å². The predicted octanol–water partition coefficient (Wildman–Crippen LogP) is 3.90. The quantitative estimate of drug-likeness (QED) is 0.472. The Morgan fingerprint density at radius 2 is 1.00 bits per heavy atom. The first-order valence-corrected chi connectivity index (χ1v) is 12.8. The molecule has 0 atom stereocenters. The van der Waals surface area contributed by atoms with E-state index in [1.54, 1.807) is 0 Å². The van der Waals surface area contributed by atoms with Crippen molar-refractivity contribution in [2.45, 2.75) is 40.3 Å². The summed E-state index contributed by atoms with van der Waals surface area (Å²) in [5.41, 5.74) is -1.02. The van der Waals surface area contributed by atoms with E-state index in [2.05, 4.69) is 0 Å². The zero-order valence-electron chi connectivity index (χ0n) is 22.7. The molecular formula is C29H36O10. The van der Waals surface area contributed by atoms with E-state index in [-0.39, 0.29) is 24.7 Å². The van der Waals surface area contributed by atoms with E-state index in [1.807, 2.05) is 27.7 Å². The zero-order chi connectivity index (χ0) is 28.3. The van der Waals surface area contributed by atoms with E-state index >= 15 is 0 Å². The number of esters is 2. The average molecular weight is 545 g/mol. The maximum atomic E-state index is 12.4. The fraction of sp³-hybridized carbons (Fsp3) is 0.517. The lowest BCUT2D eigenvalue weighted by Gasteiger charge is -2.48. The van der Waals surface area contributed by atoms with Crippen molar-refractivity contribution in [2.75, 3.05) is 39.6 Å². The number of hydrogen-bond acceptors (Lipinski definition) is 10. The average Bonchev–Trinajstić information content (AvgIpc) is 2.92. The topological polar surface area (TPSA) is 130 Å². The van der Waals surface area contributed by atoms with Crippen LogP contribution in [0.15, 0.2) is 48.5 Å². The van der Waals surface area contributed by atoms with Crippen LogP contribution < -0.4 is 0 Å². The molecule has 0 aromatic heterocycles. The maximum absolute atomic E-state index is 12.4. The molecular weight excluding hydrogens is 508 g/mol. The number of rotatable bonds is 8. The second kappa shape index (κ2) is 11.5. The van der Waals surface area contributed by atoms with Gasteiger partial charge in [0.25, 0.3) is 0 Å². The number of carbonyl (C=O) groups is 2. The van der Waals surface area contributed by atoms with Gasteiger partial charge in [-0.05, 0) is 48.5 Å². The molecule has 0 bridgehead atoms. The Kier molecular flexibility index (Phi) is 8.51.